The molecule has 1 heterocycles. The molecule has 1 aliphatic rings. The van der Waals surface area contributed by atoms with E-state index in [2.05, 4.69) is 64.6 Å². The van der Waals surface area contributed by atoms with Crippen molar-refractivity contribution in [1.82, 2.24) is 4.90 Å². The maximum Gasteiger partial charge on any atom is 0.0669 e. The van der Waals surface area contributed by atoms with E-state index in [1.807, 2.05) is 18.3 Å². The van der Waals surface area contributed by atoms with Gasteiger partial charge in [0.1, 0.15) is 0 Å². The van der Waals surface area contributed by atoms with Gasteiger partial charge in [-0.2, -0.15) is 0 Å². The fourth-order valence-electron chi connectivity index (χ4n) is 2.23. The highest BCUT2D eigenvalue weighted by Gasteiger charge is 2.10. The van der Waals surface area contributed by atoms with E-state index in [0.717, 1.165) is 18.8 Å². The zero-order valence-corrected chi connectivity index (χ0v) is 10.7. The van der Waals surface area contributed by atoms with Crippen LogP contribution in [0, 0.1) is 0 Å². The molecule has 2 aromatic rings. The molecule has 3 rings (SSSR count). The van der Waals surface area contributed by atoms with Gasteiger partial charge in [0.05, 0.1) is 12.3 Å². The lowest BCUT2D eigenvalue weighted by atomic mass is 10.1. The second-order valence-electron chi connectivity index (χ2n) is 4.63. The van der Waals surface area contributed by atoms with Crippen LogP contribution in [-0.4, -0.2) is 17.2 Å². The fourth-order valence-corrected chi connectivity index (χ4v) is 2.23. The zero-order chi connectivity index (χ0) is 12.9. The maximum atomic E-state index is 4.49. The smallest absolute Gasteiger partial charge is 0.0669 e. The summed E-state index contributed by atoms with van der Waals surface area (Å²) < 4.78 is 0. The van der Waals surface area contributed by atoms with E-state index in [9.17, 15) is 0 Å². The molecule has 0 aliphatic carbocycles. The summed E-state index contributed by atoms with van der Waals surface area (Å²) in [5.41, 5.74) is 3.64. The largest absolute Gasteiger partial charge is 0.366 e. The molecular formula is C17H16N2. The first kappa shape index (κ1) is 11.7. The Kier molecular flexibility index (Phi) is 3.41. The van der Waals surface area contributed by atoms with Crippen molar-refractivity contribution in [3.63, 3.8) is 0 Å². The maximum absolute atomic E-state index is 4.49. The van der Waals surface area contributed by atoms with Crippen molar-refractivity contribution in [2.45, 2.75) is 6.54 Å². The van der Waals surface area contributed by atoms with Gasteiger partial charge in [0, 0.05) is 18.9 Å². The first-order valence-corrected chi connectivity index (χ1v) is 6.48. The zero-order valence-electron chi connectivity index (χ0n) is 10.7. The molecular weight excluding hydrogens is 232 g/mol. The Labute approximate surface area is 113 Å². The third-order valence-electron chi connectivity index (χ3n) is 3.20. The normalized spacial score (nSPS) is 14.3. The van der Waals surface area contributed by atoms with Crippen LogP contribution in [0.1, 0.15) is 11.1 Å². The summed E-state index contributed by atoms with van der Waals surface area (Å²) in [5, 5.41) is 0. The van der Waals surface area contributed by atoms with Crippen molar-refractivity contribution in [1.29, 1.82) is 0 Å². The van der Waals surface area contributed by atoms with Crippen molar-refractivity contribution >= 4 is 5.71 Å². The second-order valence-corrected chi connectivity index (χ2v) is 4.63. The van der Waals surface area contributed by atoms with E-state index in [0.29, 0.717) is 0 Å². The highest BCUT2D eigenvalue weighted by Crippen LogP contribution is 2.11. The molecule has 0 N–H and O–H groups in total. The van der Waals surface area contributed by atoms with Crippen LogP contribution in [0.15, 0.2) is 78.1 Å². The molecule has 0 saturated carbocycles. The molecule has 0 aromatic heterocycles. The summed E-state index contributed by atoms with van der Waals surface area (Å²) in [6.45, 7) is 1.78. The van der Waals surface area contributed by atoms with E-state index in [4.69, 9.17) is 0 Å². The van der Waals surface area contributed by atoms with E-state index >= 15 is 0 Å². The van der Waals surface area contributed by atoms with Crippen molar-refractivity contribution in [2.75, 3.05) is 6.54 Å². The summed E-state index contributed by atoms with van der Waals surface area (Å²) in [6.07, 6.45) is 3.94. The lowest BCUT2D eigenvalue weighted by Gasteiger charge is -2.24. The molecule has 0 fully saturated rings. The van der Waals surface area contributed by atoms with Gasteiger partial charge >= 0.3 is 0 Å². The topological polar surface area (TPSA) is 15.6 Å². The molecule has 0 spiro atoms. The fraction of sp³-hybridized carbons (Fsp3) is 0.118. The molecule has 19 heavy (non-hydrogen) atoms. The Morgan fingerprint density at radius 3 is 2.32 bits per heavy atom. The van der Waals surface area contributed by atoms with Crippen LogP contribution in [0.2, 0.25) is 0 Å². The molecule has 2 heteroatoms. The predicted molar refractivity (Wildman–Crippen MR) is 79.0 cm³/mol. The Balaban J connectivity index is 1.72. The van der Waals surface area contributed by atoms with Crippen LogP contribution in [0.4, 0.5) is 0 Å². The lowest BCUT2D eigenvalue weighted by molar-refractivity contribution is 0.415. The number of benzene rings is 2. The molecule has 1 aliphatic heterocycles. The minimum absolute atomic E-state index is 0.857. The van der Waals surface area contributed by atoms with Crippen LogP contribution in [0.5, 0.6) is 0 Å². The number of aliphatic imine (C=N–C) groups is 1. The SMILES string of the molecule is C1=CN(Cc2ccccc2)CC(c2ccccc2)=N1. The molecule has 2 aromatic carbocycles. The van der Waals surface area contributed by atoms with Gasteiger partial charge in [0.15, 0.2) is 0 Å². The lowest BCUT2D eigenvalue weighted by Crippen LogP contribution is -2.27. The monoisotopic (exact) mass is 248 g/mol. The highest BCUT2D eigenvalue weighted by molar-refractivity contribution is 6.02. The van der Waals surface area contributed by atoms with Crippen LogP contribution < -0.4 is 0 Å². The quantitative estimate of drug-likeness (QED) is 0.812. The van der Waals surface area contributed by atoms with Crippen molar-refractivity contribution in [2.24, 2.45) is 4.99 Å². The van der Waals surface area contributed by atoms with Gasteiger partial charge in [-0.1, -0.05) is 60.7 Å². The Morgan fingerprint density at radius 2 is 1.58 bits per heavy atom. The minimum atomic E-state index is 0.857. The van der Waals surface area contributed by atoms with Gasteiger partial charge in [-0.3, -0.25) is 4.99 Å². The summed E-state index contributed by atoms with van der Waals surface area (Å²) in [7, 11) is 0. The number of nitrogens with zero attached hydrogens (tertiary/aromatic N) is 2. The molecule has 0 radical (unpaired) electrons. The van der Waals surface area contributed by atoms with Gasteiger partial charge < -0.3 is 4.90 Å². The molecule has 0 bridgehead atoms. The Morgan fingerprint density at radius 1 is 0.895 bits per heavy atom. The van der Waals surface area contributed by atoms with E-state index in [1.165, 1.54) is 11.1 Å². The Hall–Kier alpha value is -2.35. The molecule has 0 saturated heterocycles. The van der Waals surface area contributed by atoms with Crippen LogP contribution >= 0.6 is 0 Å². The summed E-state index contributed by atoms with van der Waals surface area (Å²) in [5.74, 6) is 0. The average Bonchev–Trinajstić information content (AvgIpc) is 2.49. The number of rotatable bonds is 3. The van der Waals surface area contributed by atoms with Gasteiger partial charge in [0.25, 0.3) is 0 Å². The summed E-state index contributed by atoms with van der Waals surface area (Å²) in [6, 6.07) is 20.9. The van der Waals surface area contributed by atoms with Gasteiger partial charge in [-0.15, -0.1) is 0 Å². The van der Waals surface area contributed by atoms with Crippen LogP contribution in [0.25, 0.3) is 0 Å². The van der Waals surface area contributed by atoms with E-state index in [-0.39, 0.29) is 0 Å². The van der Waals surface area contributed by atoms with Gasteiger partial charge in [-0.05, 0) is 11.1 Å². The minimum Gasteiger partial charge on any atom is -0.366 e. The highest BCUT2D eigenvalue weighted by atomic mass is 15.1. The van der Waals surface area contributed by atoms with Crippen molar-refractivity contribution in [3.05, 3.63) is 84.2 Å². The second kappa shape index (κ2) is 5.53. The van der Waals surface area contributed by atoms with E-state index in [1.54, 1.807) is 0 Å². The van der Waals surface area contributed by atoms with Crippen LogP contribution in [0.3, 0.4) is 0 Å². The van der Waals surface area contributed by atoms with E-state index < -0.39 is 0 Å². The van der Waals surface area contributed by atoms with Crippen molar-refractivity contribution < 1.29 is 0 Å². The average molecular weight is 248 g/mol. The molecule has 0 atom stereocenters. The summed E-state index contributed by atoms with van der Waals surface area (Å²) in [4.78, 5) is 6.77. The number of hydrogen-bond donors (Lipinski definition) is 0. The summed E-state index contributed by atoms with van der Waals surface area (Å²) >= 11 is 0. The Bertz CT molecular complexity index is 585. The van der Waals surface area contributed by atoms with Crippen molar-refractivity contribution in [3.8, 4) is 0 Å². The standard InChI is InChI=1S/C17H16N2/c1-3-7-15(8-4-1)13-19-12-11-18-17(14-19)16-9-5-2-6-10-16/h1-12H,13-14H2. The first-order valence-electron chi connectivity index (χ1n) is 6.48. The number of hydrogen-bond acceptors (Lipinski definition) is 2. The first-order chi connectivity index (χ1) is 9.42. The molecule has 0 amide bonds. The van der Waals surface area contributed by atoms with Gasteiger partial charge in [0.2, 0.25) is 0 Å². The molecule has 94 valence electrons. The molecule has 0 unspecified atom stereocenters. The predicted octanol–water partition coefficient (Wildman–Crippen LogP) is 3.46. The third-order valence-corrected chi connectivity index (χ3v) is 3.20. The molecule has 2 nitrogen and oxygen atoms in total. The third kappa shape index (κ3) is 2.91. The van der Waals surface area contributed by atoms with Gasteiger partial charge in [-0.25, -0.2) is 0 Å². The van der Waals surface area contributed by atoms with Crippen LogP contribution in [-0.2, 0) is 6.54 Å².